The van der Waals surface area contributed by atoms with E-state index in [9.17, 15) is 4.79 Å². The fourth-order valence-electron chi connectivity index (χ4n) is 2.65. The van der Waals surface area contributed by atoms with Gasteiger partial charge >= 0.3 is 5.97 Å². The summed E-state index contributed by atoms with van der Waals surface area (Å²) in [6, 6.07) is 7.26. The molecule has 1 unspecified atom stereocenters. The molecule has 1 N–H and O–H groups in total. The fourth-order valence-corrected chi connectivity index (χ4v) is 2.65. The summed E-state index contributed by atoms with van der Waals surface area (Å²) in [5.41, 5.74) is 1.30. The Balaban J connectivity index is 1.89. The van der Waals surface area contributed by atoms with Crippen molar-refractivity contribution in [3.8, 4) is 0 Å². The van der Waals surface area contributed by atoms with Crippen molar-refractivity contribution in [3.63, 3.8) is 0 Å². The average molecular weight is 259 g/mol. The van der Waals surface area contributed by atoms with Crippen LogP contribution >= 0.6 is 0 Å². The van der Waals surface area contributed by atoms with E-state index < -0.39 is 5.97 Å². The van der Waals surface area contributed by atoms with Crippen LogP contribution in [0.5, 0.6) is 0 Å². The van der Waals surface area contributed by atoms with Crippen LogP contribution in [0.4, 0.5) is 0 Å². The van der Waals surface area contributed by atoms with Crippen LogP contribution in [0.25, 0.3) is 10.9 Å². The molecule has 0 aliphatic carbocycles. The van der Waals surface area contributed by atoms with E-state index in [-0.39, 0.29) is 6.10 Å². The predicted molar refractivity (Wildman–Crippen MR) is 72.5 cm³/mol. The van der Waals surface area contributed by atoms with Crippen molar-refractivity contribution in [1.29, 1.82) is 0 Å². The van der Waals surface area contributed by atoms with Crippen LogP contribution in [-0.4, -0.2) is 28.4 Å². The monoisotopic (exact) mass is 259 g/mol. The van der Waals surface area contributed by atoms with Crippen LogP contribution in [0.15, 0.2) is 30.5 Å². The molecule has 100 valence electrons. The Kier molecular flexibility index (Phi) is 3.25. The van der Waals surface area contributed by atoms with Gasteiger partial charge in [0.15, 0.2) is 0 Å². The quantitative estimate of drug-likeness (QED) is 0.922. The minimum absolute atomic E-state index is 0.248. The molecule has 1 fully saturated rings. The Bertz CT molecular complexity index is 596. The smallest absolute Gasteiger partial charge is 0.335 e. The topological polar surface area (TPSA) is 51.5 Å². The van der Waals surface area contributed by atoms with Gasteiger partial charge in [0.25, 0.3) is 0 Å². The first-order valence-electron chi connectivity index (χ1n) is 6.68. The number of carboxylic acid groups (broad SMARTS) is 1. The van der Waals surface area contributed by atoms with Crippen molar-refractivity contribution in [2.24, 2.45) is 0 Å². The van der Waals surface area contributed by atoms with Crippen LogP contribution in [0, 0.1) is 0 Å². The first-order chi connectivity index (χ1) is 9.24. The summed E-state index contributed by atoms with van der Waals surface area (Å²) in [6.45, 7) is 1.64. The molecule has 0 saturated carbocycles. The molecule has 0 amide bonds. The Morgan fingerprint density at radius 3 is 3.00 bits per heavy atom. The molecule has 1 aliphatic heterocycles. The Morgan fingerprint density at radius 2 is 2.26 bits per heavy atom. The zero-order valence-corrected chi connectivity index (χ0v) is 10.7. The SMILES string of the molecule is O=C(O)c1ccc2ccn(CC3CCCCO3)c2c1. The number of rotatable bonds is 3. The molecule has 1 saturated heterocycles. The minimum atomic E-state index is -0.886. The molecule has 0 spiro atoms. The van der Waals surface area contributed by atoms with Gasteiger partial charge in [-0.3, -0.25) is 0 Å². The third-order valence-corrected chi connectivity index (χ3v) is 3.70. The molecule has 2 aromatic rings. The first kappa shape index (κ1) is 12.2. The number of ether oxygens (including phenoxy) is 1. The number of aromatic nitrogens is 1. The van der Waals surface area contributed by atoms with Crippen molar-refractivity contribution in [2.45, 2.75) is 31.9 Å². The van der Waals surface area contributed by atoms with Crippen LogP contribution < -0.4 is 0 Å². The molecule has 1 aromatic carbocycles. The van der Waals surface area contributed by atoms with Gasteiger partial charge in [0.1, 0.15) is 0 Å². The van der Waals surface area contributed by atoms with Gasteiger partial charge in [0.05, 0.1) is 11.7 Å². The lowest BCUT2D eigenvalue weighted by molar-refractivity contribution is 0.00670. The van der Waals surface area contributed by atoms with Gasteiger partial charge in [-0.2, -0.15) is 0 Å². The number of fused-ring (bicyclic) bond motifs is 1. The van der Waals surface area contributed by atoms with E-state index >= 15 is 0 Å². The van der Waals surface area contributed by atoms with Crippen molar-refractivity contribution in [1.82, 2.24) is 4.57 Å². The maximum Gasteiger partial charge on any atom is 0.335 e. The highest BCUT2D eigenvalue weighted by atomic mass is 16.5. The van der Waals surface area contributed by atoms with Crippen LogP contribution in [0.3, 0.4) is 0 Å². The maximum absolute atomic E-state index is 11.0. The molecular formula is C15H17NO3. The van der Waals surface area contributed by atoms with Crippen LogP contribution in [-0.2, 0) is 11.3 Å². The highest BCUT2D eigenvalue weighted by Crippen LogP contribution is 2.21. The van der Waals surface area contributed by atoms with Gasteiger partial charge in [-0.25, -0.2) is 4.79 Å². The normalized spacial score (nSPS) is 19.7. The van der Waals surface area contributed by atoms with Gasteiger partial charge in [0, 0.05) is 24.9 Å². The summed E-state index contributed by atoms with van der Waals surface area (Å²) < 4.78 is 7.84. The van der Waals surface area contributed by atoms with Gasteiger partial charge in [0.2, 0.25) is 0 Å². The number of hydrogen-bond donors (Lipinski definition) is 1. The molecule has 1 aromatic heterocycles. The minimum Gasteiger partial charge on any atom is -0.478 e. The number of nitrogens with zero attached hydrogens (tertiary/aromatic N) is 1. The van der Waals surface area contributed by atoms with E-state index in [0.717, 1.165) is 36.9 Å². The third kappa shape index (κ3) is 2.49. The number of aromatic carboxylic acids is 1. The Hall–Kier alpha value is -1.81. The zero-order valence-electron chi connectivity index (χ0n) is 10.7. The summed E-state index contributed by atoms with van der Waals surface area (Å²) in [5.74, 6) is -0.886. The lowest BCUT2D eigenvalue weighted by Crippen LogP contribution is -2.24. The number of carboxylic acids is 1. The van der Waals surface area contributed by atoms with E-state index in [0.29, 0.717) is 5.56 Å². The third-order valence-electron chi connectivity index (χ3n) is 3.70. The molecule has 4 nitrogen and oxygen atoms in total. The highest BCUT2D eigenvalue weighted by Gasteiger charge is 2.15. The molecular weight excluding hydrogens is 242 g/mol. The summed E-state index contributed by atoms with van der Waals surface area (Å²) >= 11 is 0. The van der Waals surface area contributed by atoms with Crippen LogP contribution in [0.2, 0.25) is 0 Å². The molecule has 19 heavy (non-hydrogen) atoms. The second-order valence-corrected chi connectivity index (χ2v) is 5.04. The molecule has 0 radical (unpaired) electrons. The zero-order chi connectivity index (χ0) is 13.2. The first-order valence-corrected chi connectivity index (χ1v) is 6.68. The largest absolute Gasteiger partial charge is 0.478 e. The second kappa shape index (κ2) is 5.05. The molecule has 1 atom stereocenters. The summed E-state index contributed by atoms with van der Waals surface area (Å²) in [5, 5.41) is 10.1. The fraction of sp³-hybridized carbons (Fsp3) is 0.400. The van der Waals surface area contributed by atoms with Gasteiger partial charge < -0.3 is 14.4 Å². The van der Waals surface area contributed by atoms with Crippen molar-refractivity contribution in [2.75, 3.05) is 6.61 Å². The molecule has 3 rings (SSSR count). The van der Waals surface area contributed by atoms with Gasteiger partial charge in [-0.1, -0.05) is 6.07 Å². The lowest BCUT2D eigenvalue weighted by Gasteiger charge is -2.23. The number of hydrogen-bond acceptors (Lipinski definition) is 2. The average Bonchev–Trinajstić information content (AvgIpc) is 2.82. The van der Waals surface area contributed by atoms with E-state index in [1.165, 1.54) is 6.42 Å². The van der Waals surface area contributed by atoms with E-state index in [1.54, 1.807) is 12.1 Å². The van der Waals surface area contributed by atoms with Crippen LogP contribution in [0.1, 0.15) is 29.6 Å². The molecule has 0 bridgehead atoms. The van der Waals surface area contributed by atoms with E-state index in [4.69, 9.17) is 9.84 Å². The van der Waals surface area contributed by atoms with Crippen molar-refractivity contribution < 1.29 is 14.6 Å². The Morgan fingerprint density at radius 1 is 1.37 bits per heavy atom. The number of benzene rings is 1. The highest BCUT2D eigenvalue weighted by molar-refractivity contribution is 5.93. The van der Waals surface area contributed by atoms with E-state index in [1.807, 2.05) is 18.3 Å². The lowest BCUT2D eigenvalue weighted by atomic mass is 10.1. The standard InChI is InChI=1S/C15H17NO3/c17-15(18)12-5-4-11-6-7-16(14(11)9-12)10-13-3-1-2-8-19-13/h4-7,9,13H,1-3,8,10H2,(H,17,18). The number of carbonyl (C=O) groups is 1. The summed E-state index contributed by atoms with van der Waals surface area (Å²) in [4.78, 5) is 11.0. The van der Waals surface area contributed by atoms with Gasteiger partial charge in [-0.15, -0.1) is 0 Å². The van der Waals surface area contributed by atoms with E-state index in [2.05, 4.69) is 4.57 Å². The van der Waals surface area contributed by atoms with Gasteiger partial charge in [-0.05, 0) is 42.8 Å². The second-order valence-electron chi connectivity index (χ2n) is 5.04. The van der Waals surface area contributed by atoms with Crippen molar-refractivity contribution >= 4 is 16.9 Å². The molecule has 2 heterocycles. The molecule has 4 heteroatoms. The summed E-state index contributed by atoms with van der Waals surface area (Å²) in [7, 11) is 0. The summed E-state index contributed by atoms with van der Waals surface area (Å²) in [6.07, 6.45) is 5.70. The maximum atomic E-state index is 11.0. The molecule has 1 aliphatic rings. The Labute approximate surface area is 111 Å². The van der Waals surface area contributed by atoms with Crippen molar-refractivity contribution in [3.05, 3.63) is 36.0 Å². The predicted octanol–water partition coefficient (Wildman–Crippen LogP) is 2.91.